The molecule has 2 unspecified atom stereocenters. The Hall–Kier alpha value is -1.95. The van der Waals surface area contributed by atoms with E-state index in [1.807, 2.05) is 4.90 Å². The van der Waals surface area contributed by atoms with Gasteiger partial charge >= 0.3 is 0 Å². The Kier molecular flexibility index (Phi) is 5.43. The van der Waals surface area contributed by atoms with Crippen molar-refractivity contribution in [2.45, 2.75) is 88.4 Å². The molecule has 2 N–H and O–H groups in total. The molecule has 146 valence electrons. The van der Waals surface area contributed by atoms with E-state index in [0.717, 1.165) is 18.9 Å². The second kappa shape index (κ2) is 7.97. The molecule has 6 heteroatoms. The number of rotatable bonds is 4. The minimum Gasteiger partial charge on any atom is -0.349 e. The van der Waals surface area contributed by atoms with E-state index in [1.54, 1.807) is 12.1 Å². The van der Waals surface area contributed by atoms with Gasteiger partial charge in [0.25, 0.3) is 11.6 Å². The van der Waals surface area contributed by atoms with Crippen LogP contribution >= 0.6 is 0 Å². The monoisotopic (exact) mass is 372 g/mol. The maximum absolute atomic E-state index is 12.6. The van der Waals surface area contributed by atoms with Gasteiger partial charge in [0, 0.05) is 36.6 Å². The number of amides is 1. The van der Waals surface area contributed by atoms with E-state index in [1.165, 1.54) is 63.5 Å². The zero-order chi connectivity index (χ0) is 18.8. The Labute approximate surface area is 160 Å². The van der Waals surface area contributed by atoms with E-state index < -0.39 is 4.92 Å². The molecule has 0 radical (unpaired) electrons. The van der Waals surface area contributed by atoms with Gasteiger partial charge in [0.1, 0.15) is 0 Å². The van der Waals surface area contributed by atoms with Gasteiger partial charge < -0.3 is 10.2 Å². The number of hydrogen-bond acceptors (Lipinski definition) is 3. The quantitative estimate of drug-likeness (QED) is 0.630. The molecule has 4 atom stereocenters. The lowest BCUT2D eigenvalue weighted by Crippen LogP contribution is -3.24. The first kappa shape index (κ1) is 18.4. The van der Waals surface area contributed by atoms with Crippen molar-refractivity contribution in [3.05, 3.63) is 39.9 Å². The van der Waals surface area contributed by atoms with Crippen molar-refractivity contribution in [3.8, 4) is 0 Å². The molecule has 1 aromatic rings. The Morgan fingerprint density at radius 3 is 2.11 bits per heavy atom. The summed E-state index contributed by atoms with van der Waals surface area (Å²) in [7, 11) is 0. The Morgan fingerprint density at radius 1 is 0.926 bits per heavy atom. The van der Waals surface area contributed by atoms with Crippen molar-refractivity contribution in [2.24, 2.45) is 0 Å². The van der Waals surface area contributed by atoms with Crippen LogP contribution in [0.5, 0.6) is 0 Å². The Balaban J connectivity index is 1.39. The van der Waals surface area contributed by atoms with Crippen LogP contribution in [0.2, 0.25) is 0 Å². The molecule has 2 saturated heterocycles. The van der Waals surface area contributed by atoms with Gasteiger partial charge in [-0.25, -0.2) is 0 Å². The zero-order valence-corrected chi connectivity index (χ0v) is 15.9. The summed E-state index contributed by atoms with van der Waals surface area (Å²) >= 11 is 0. The highest BCUT2D eigenvalue weighted by atomic mass is 16.6. The first-order chi connectivity index (χ1) is 13.1. The van der Waals surface area contributed by atoms with Crippen LogP contribution in [0.15, 0.2) is 24.3 Å². The minimum atomic E-state index is -0.438. The molecule has 3 aliphatic rings. The van der Waals surface area contributed by atoms with Crippen LogP contribution in [0.25, 0.3) is 0 Å². The van der Waals surface area contributed by atoms with Crippen molar-refractivity contribution in [1.29, 1.82) is 0 Å². The van der Waals surface area contributed by atoms with E-state index in [-0.39, 0.29) is 17.6 Å². The maximum atomic E-state index is 12.6. The SMILES string of the molecule is O=C(NC1C[C@H]2CCC[C@@H](C1)[NH+]2C1CCCCC1)c1ccc([N+](=O)[O-])cc1. The maximum Gasteiger partial charge on any atom is 0.269 e. The molecule has 1 saturated carbocycles. The molecule has 0 aromatic heterocycles. The molecule has 2 bridgehead atoms. The van der Waals surface area contributed by atoms with Gasteiger partial charge in [0.05, 0.1) is 23.0 Å². The standard InChI is InChI=1S/C21H29N3O3/c25-21(15-9-11-18(12-10-15)24(26)27)22-16-13-19-7-4-8-20(14-16)23(19)17-5-2-1-3-6-17/h9-12,16-17,19-20H,1-8,13-14H2,(H,22,25)/p+1/t16?,19-,20+. The third-order valence-corrected chi connectivity index (χ3v) is 6.94. The second-order valence-corrected chi connectivity index (χ2v) is 8.61. The van der Waals surface area contributed by atoms with Crippen LogP contribution in [0, 0.1) is 10.1 Å². The van der Waals surface area contributed by atoms with Crippen LogP contribution in [0.3, 0.4) is 0 Å². The fourth-order valence-corrected chi connectivity index (χ4v) is 5.79. The molecule has 2 aliphatic heterocycles. The van der Waals surface area contributed by atoms with Crippen molar-refractivity contribution in [1.82, 2.24) is 5.32 Å². The number of fused-ring (bicyclic) bond motifs is 2. The fraction of sp³-hybridized carbons (Fsp3) is 0.667. The van der Waals surface area contributed by atoms with E-state index >= 15 is 0 Å². The smallest absolute Gasteiger partial charge is 0.269 e. The number of nitrogens with zero attached hydrogens (tertiary/aromatic N) is 1. The van der Waals surface area contributed by atoms with Crippen molar-refractivity contribution >= 4 is 11.6 Å². The molecule has 6 nitrogen and oxygen atoms in total. The normalized spacial score (nSPS) is 31.3. The number of nitro groups is 1. The number of carbonyl (C=O) groups is 1. The van der Waals surface area contributed by atoms with Gasteiger partial charge in [-0.15, -0.1) is 0 Å². The predicted octanol–water partition coefficient (Wildman–Crippen LogP) is 2.63. The summed E-state index contributed by atoms with van der Waals surface area (Å²) in [6.45, 7) is 0. The van der Waals surface area contributed by atoms with E-state index in [4.69, 9.17) is 0 Å². The van der Waals surface area contributed by atoms with E-state index in [2.05, 4.69) is 5.32 Å². The minimum absolute atomic E-state index is 0.0190. The highest BCUT2D eigenvalue weighted by molar-refractivity contribution is 5.94. The topological polar surface area (TPSA) is 76.7 Å². The summed E-state index contributed by atoms with van der Waals surface area (Å²) in [6, 6.07) is 8.34. The van der Waals surface area contributed by atoms with Gasteiger partial charge in [-0.2, -0.15) is 0 Å². The second-order valence-electron chi connectivity index (χ2n) is 8.61. The number of nitro benzene ring substituents is 1. The van der Waals surface area contributed by atoms with Crippen molar-refractivity contribution < 1.29 is 14.6 Å². The zero-order valence-electron chi connectivity index (χ0n) is 15.9. The lowest BCUT2D eigenvalue weighted by atomic mass is 9.78. The molecule has 1 aliphatic carbocycles. The third-order valence-electron chi connectivity index (χ3n) is 6.94. The van der Waals surface area contributed by atoms with Gasteiger partial charge in [-0.3, -0.25) is 14.9 Å². The van der Waals surface area contributed by atoms with E-state index in [0.29, 0.717) is 17.6 Å². The molecular formula is C21H30N3O3+. The predicted molar refractivity (Wildman–Crippen MR) is 103 cm³/mol. The summed E-state index contributed by atoms with van der Waals surface area (Å²) in [6.07, 6.45) is 13.0. The van der Waals surface area contributed by atoms with Crippen molar-refractivity contribution in [3.63, 3.8) is 0 Å². The van der Waals surface area contributed by atoms with Gasteiger partial charge in [0.2, 0.25) is 0 Å². The summed E-state index contributed by atoms with van der Waals surface area (Å²) in [5.74, 6) is -0.103. The molecule has 27 heavy (non-hydrogen) atoms. The Bertz CT molecular complexity index is 670. The molecule has 2 heterocycles. The third kappa shape index (κ3) is 4.00. The fourth-order valence-electron chi connectivity index (χ4n) is 5.79. The van der Waals surface area contributed by atoms with Crippen LogP contribution < -0.4 is 10.2 Å². The molecule has 0 spiro atoms. The summed E-state index contributed by atoms with van der Waals surface area (Å²) in [5, 5.41) is 14.0. The summed E-state index contributed by atoms with van der Waals surface area (Å²) in [4.78, 5) is 24.8. The number of quaternary nitrogens is 1. The number of carbonyl (C=O) groups excluding carboxylic acids is 1. The number of benzene rings is 1. The highest BCUT2D eigenvalue weighted by Crippen LogP contribution is 2.26. The van der Waals surface area contributed by atoms with Gasteiger partial charge in [0.15, 0.2) is 0 Å². The first-order valence-corrected chi connectivity index (χ1v) is 10.5. The van der Waals surface area contributed by atoms with Gasteiger partial charge in [-0.1, -0.05) is 6.42 Å². The molecule has 3 fully saturated rings. The largest absolute Gasteiger partial charge is 0.349 e. The number of non-ortho nitro benzene ring substituents is 1. The lowest BCUT2D eigenvalue weighted by Gasteiger charge is -2.50. The average Bonchev–Trinajstić information content (AvgIpc) is 2.68. The highest BCUT2D eigenvalue weighted by Gasteiger charge is 2.45. The lowest BCUT2D eigenvalue weighted by molar-refractivity contribution is -0.984. The van der Waals surface area contributed by atoms with Crippen LogP contribution in [0.4, 0.5) is 5.69 Å². The van der Waals surface area contributed by atoms with Gasteiger partial charge in [-0.05, 0) is 57.1 Å². The molecule has 1 aromatic carbocycles. The van der Waals surface area contributed by atoms with E-state index in [9.17, 15) is 14.9 Å². The van der Waals surface area contributed by atoms with Crippen LogP contribution in [-0.4, -0.2) is 35.0 Å². The molecule has 4 rings (SSSR count). The first-order valence-electron chi connectivity index (χ1n) is 10.5. The summed E-state index contributed by atoms with van der Waals surface area (Å²) < 4.78 is 0. The average molecular weight is 372 g/mol. The number of hydrogen-bond donors (Lipinski definition) is 2. The number of nitrogens with one attached hydrogen (secondary N) is 2. The Morgan fingerprint density at radius 2 is 1.52 bits per heavy atom. The molecular weight excluding hydrogens is 342 g/mol. The van der Waals surface area contributed by atoms with Crippen LogP contribution in [0.1, 0.15) is 74.6 Å². The summed E-state index contributed by atoms with van der Waals surface area (Å²) in [5.41, 5.74) is 0.526. The molecule has 1 amide bonds. The van der Waals surface area contributed by atoms with Crippen LogP contribution in [-0.2, 0) is 0 Å². The number of piperidine rings is 2. The van der Waals surface area contributed by atoms with Crippen molar-refractivity contribution in [2.75, 3.05) is 0 Å².